The number of carbonyl (C=O) groups excluding carboxylic acids is 2. The highest BCUT2D eigenvalue weighted by atomic mass is 16.8. The van der Waals surface area contributed by atoms with Gasteiger partial charge in [0.05, 0.1) is 0 Å². The smallest absolute Gasteiger partial charge is 0.426 e. The number of ether oxygens (including phenoxy) is 2. The Labute approximate surface area is 102 Å². The number of rotatable bonds is 2. The molecule has 0 bridgehead atoms. The molecule has 0 atom stereocenters. The minimum Gasteiger partial charge on any atom is -0.426 e. The van der Waals surface area contributed by atoms with E-state index in [1.807, 2.05) is 6.92 Å². The summed E-state index contributed by atoms with van der Waals surface area (Å²) in [5, 5.41) is 2.90. The van der Waals surface area contributed by atoms with Crippen LogP contribution in [0.25, 0.3) is 0 Å². The van der Waals surface area contributed by atoms with E-state index in [0.717, 1.165) is 0 Å². The fourth-order valence-corrected chi connectivity index (χ4v) is 2.03. The quantitative estimate of drug-likeness (QED) is 0.753. The van der Waals surface area contributed by atoms with Crippen molar-refractivity contribution in [2.24, 2.45) is 0 Å². The van der Waals surface area contributed by atoms with Crippen molar-refractivity contribution < 1.29 is 19.1 Å². The van der Waals surface area contributed by atoms with E-state index < -0.39 is 22.9 Å². The van der Waals surface area contributed by atoms with Crippen molar-refractivity contribution in [3.8, 4) is 0 Å². The van der Waals surface area contributed by atoms with Crippen LogP contribution < -0.4 is 5.32 Å². The summed E-state index contributed by atoms with van der Waals surface area (Å²) in [5.41, 5.74) is -2.46. The monoisotopic (exact) mass is 243 g/mol. The number of carbonyl (C=O) groups is 2. The van der Waals surface area contributed by atoms with Gasteiger partial charge in [-0.1, -0.05) is 6.92 Å². The van der Waals surface area contributed by atoms with Crippen LogP contribution in [0.15, 0.2) is 0 Å². The van der Waals surface area contributed by atoms with Gasteiger partial charge in [0.15, 0.2) is 0 Å². The van der Waals surface area contributed by atoms with Crippen LogP contribution in [0.1, 0.15) is 48.0 Å². The van der Waals surface area contributed by atoms with Crippen molar-refractivity contribution in [3.05, 3.63) is 0 Å². The molecular formula is C12H21NO4. The fraction of sp³-hybridized carbons (Fsp3) is 0.833. The number of cyclic esters (lactones) is 2. The highest BCUT2D eigenvalue weighted by Gasteiger charge is 2.61. The van der Waals surface area contributed by atoms with Crippen LogP contribution in [0.5, 0.6) is 0 Å². The largest absolute Gasteiger partial charge is 0.509 e. The van der Waals surface area contributed by atoms with E-state index in [4.69, 9.17) is 9.47 Å². The lowest BCUT2D eigenvalue weighted by atomic mass is 9.71. The van der Waals surface area contributed by atoms with E-state index in [0.29, 0.717) is 6.42 Å². The second-order valence-electron chi connectivity index (χ2n) is 5.50. The third-order valence-electron chi connectivity index (χ3n) is 3.80. The van der Waals surface area contributed by atoms with Gasteiger partial charge in [-0.3, -0.25) is 4.79 Å². The summed E-state index contributed by atoms with van der Waals surface area (Å²) in [4.78, 5) is 23.0. The van der Waals surface area contributed by atoms with Crippen LogP contribution in [-0.2, 0) is 14.3 Å². The van der Waals surface area contributed by atoms with Gasteiger partial charge in [-0.2, -0.15) is 0 Å². The zero-order valence-electron chi connectivity index (χ0n) is 11.3. The van der Waals surface area contributed by atoms with Crippen LogP contribution in [-0.4, -0.2) is 28.8 Å². The molecule has 0 spiro atoms. The SMILES string of the molecule is CCC(=O)NC1(C)C(C)(C)OC(=O)OC1(C)C. The molecule has 98 valence electrons. The predicted octanol–water partition coefficient (Wildman–Crippen LogP) is 2.00. The molecule has 1 heterocycles. The van der Waals surface area contributed by atoms with Gasteiger partial charge in [-0.15, -0.1) is 0 Å². The molecule has 17 heavy (non-hydrogen) atoms. The van der Waals surface area contributed by atoms with Crippen molar-refractivity contribution in [1.82, 2.24) is 5.32 Å². The zero-order valence-corrected chi connectivity index (χ0v) is 11.3. The topological polar surface area (TPSA) is 64.6 Å². The van der Waals surface area contributed by atoms with Crippen molar-refractivity contribution in [1.29, 1.82) is 0 Å². The molecule has 1 amide bonds. The van der Waals surface area contributed by atoms with Crippen LogP contribution >= 0.6 is 0 Å². The molecule has 0 saturated carbocycles. The third-order valence-corrected chi connectivity index (χ3v) is 3.80. The normalized spacial score (nSPS) is 24.5. The van der Waals surface area contributed by atoms with Crippen LogP contribution in [0.3, 0.4) is 0 Å². The number of nitrogens with one attached hydrogen (secondary N) is 1. The summed E-state index contributed by atoms with van der Waals surface area (Å²) in [5.74, 6) is -0.102. The molecule has 0 aliphatic carbocycles. The summed E-state index contributed by atoms with van der Waals surface area (Å²) in [7, 11) is 0. The van der Waals surface area contributed by atoms with Crippen molar-refractivity contribution in [2.45, 2.75) is 64.7 Å². The van der Waals surface area contributed by atoms with E-state index in [2.05, 4.69) is 5.32 Å². The van der Waals surface area contributed by atoms with Gasteiger partial charge >= 0.3 is 6.16 Å². The van der Waals surface area contributed by atoms with E-state index in [9.17, 15) is 9.59 Å². The first kappa shape index (κ1) is 13.8. The maximum Gasteiger partial charge on any atom is 0.509 e. The zero-order chi connectivity index (χ0) is 13.5. The maximum atomic E-state index is 11.6. The molecule has 1 N–H and O–H groups in total. The highest BCUT2D eigenvalue weighted by molar-refractivity contribution is 5.77. The molecule has 0 aromatic heterocycles. The van der Waals surface area contributed by atoms with Gasteiger partial charge in [-0.25, -0.2) is 4.79 Å². The minimum absolute atomic E-state index is 0.102. The molecule has 5 nitrogen and oxygen atoms in total. The van der Waals surface area contributed by atoms with Crippen LogP contribution in [0.2, 0.25) is 0 Å². The van der Waals surface area contributed by atoms with Crippen molar-refractivity contribution in [2.75, 3.05) is 0 Å². The second-order valence-corrected chi connectivity index (χ2v) is 5.50. The second kappa shape index (κ2) is 3.89. The third kappa shape index (κ3) is 2.10. The first-order chi connectivity index (χ1) is 7.56. The fourth-order valence-electron chi connectivity index (χ4n) is 2.03. The Morgan fingerprint density at radius 1 is 1.12 bits per heavy atom. The lowest BCUT2D eigenvalue weighted by Gasteiger charge is -2.55. The Morgan fingerprint density at radius 2 is 1.53 bits per heavy atom. The standard InChI is InChI=1S/C12H21NO4/c1-7-8(14)13-12(6)10(2,3)16-9(15)17-11(12,4)5/h7H2,1-6H3,(H,13,14). The van der Waals surface area contributed by atoms with E-state index >= 15 is 0 Å². The molecule has 0 unspecified atom stereocenters. The molecular weight excluding hydrogens is 222 g/mol. The van der Waals surface area contributed by atoms with Crippen LogP contribution in [0, 0.1) is 0 Å². The number of amides is 1. The molecule has 0 aromatic carbocycles. The average Bonchev–Trinajstić information content (AvgIpc) is 2.12. The van der Waals surface area contributed by atoms with E-state index in [-0.39, 0.29) is 5.91 Å². The first-order valence-electron chi connectivity index (χ1n) is 5.79. The Kier molecular flexibility index (Phi) is 3.16. The molecule has 1 fully saturated rings. The van der Waals surface area contributed by atoms with Crippen LogP contribution in [0.4, 0.5) is 4.79 Å². The molecule has 1 saturated heterocycles. The number of hydrogen-bond acceptors (Lipinski definition) is 4. The summed E-state index contributed by atoms with van der Waals surface area (Å²) < 4.78 is 10.4. The molecule has 1 aliphatic heterocycles. The van der Waals surface area contributed by atoms with Crippen molar-refractivity contribution in [3.63, 3.8) is 0 Å². The molecule has 1 aliphatic rings. The Morgan fingerprint density at radius 3 is 1.88 bits per heavy atom. The summed E-state index contributed by atoms with van der Waals surface area (Å²) in [6.07, 6.45) is -0.335. The molecule has 1 rings (SSSR count). The van der Waals surface area contributed by atoms with E-state index in [1.165, 1.54) is 0 Å². The average molecular weight is 243 g/mol. The first-order valence-corrected chi connectivity index (χ1v) is 5.79. The maximum absolute atomic E-state index is 11.6. The highest BCUT2D eigenvalue weighted by Crippen LogP contribution is 2.41. The Bertz CT molecular complexity index is 326. The molecule has 0 aromatic rings. The number of hydrogen-bond donors (Lipinski definition) is 1. The predicted molar refractivity (Wildman–Crippen MR) is 62.6 cm³/mol. The molecule has 5 heteroatoms. The lowest BCUT2D eigenvalue weighted by molar-refractivity contribution is -0.198. The van der Waals surface area contributed by atoms with Gasteiger partial charge in [0.25, 0.3) is 0 Å². The lowest BCUT2D eigenvalue weighted by Crippen LogP contribution is -2.75. The summed E-state index contributed by atoms with van der Waals surface area (Å²) >= 11 is 0. The minimum atomic E-state index is -0.837. The van der Waals surface area contributed by atoms with E-state index in [1.54, 1.807) is 34.6 Å². The Hall–Kier alpha value is -1.26. The van der Waals surface area contributed by atoms with Gasteiger partial charge in [0.1, 0.15) is 16.7 Å². The van der Waals surface area contributed by atoms with Crippen molar-refractivity contribution >= 4 is 12.1 Å². The Balaban J connectivity index is 3.14. The summed E-state index contributed by atoms with van der Waals surface area (Å²) in [6.45, 7) is 10.7. The van der Waals surface area contributed by atoms with Gasteiger partial charge < -0.3 is 14.8 Å². The van der Waals surface area contributed by atoms with Gasteiger partial charge in [0, 0.05) is 6.42 Å². The summed E-state index contributed by atoms with van der Waals surface area (Å²) in [6, 6.07) is 0. The van der Waals surface area contributed by atoms with Gasteiger partial charge in [0.2, 0.25) is 5.91 Å². The van der Waals surface area contributed by atoms with Gasteiger partial charge in [-0.05, 0) is 34.6 Å². The molecule has 0 radical (unpaired) electrons.